The molecule has 1 aromatic rings. The van der Waals surface area contributed by atoms with Crippen molar-refractivity contribution in [2.24, 2.45) is 0 Å². The van der Waals surface area contributed by atoms with Gasteiger partial charge in [0.15, 0.2) is 0 Å². The molecular formula is C9H10N2O5. The average Bonchev–Trinajstić information content (AvgIpc) is 2.25. The molecule has 0 aromatic heterocycles. The van der Waals surface area contributed by atoms with E-state index in [0.29, 0.717) is 12.0 Å². The molecule has 0 unspecified atom stereocenters. The Morgan fingerprint density at radius 2 is 1.81 bits per heavy atom. The zero-order valence-electron chi connectivity index (χ0n) is 8.53. The van der Waals surface area contributed by atoms with Crippen molar-refractivity contribution in [3.05, 3.63) is 50.1 Å². The van der Waals surface area contributed by atoms with Crippen molar-refractivity contribution in [3.63, 3.8) is 0 Å². The number of non-ortho nitro benzene ring substituents is 1. The fourth-order valence-corrected chi connectivity index (χ4v) is 1.29. The van der Waals surface area contributed by atoms with E-state index in [9.17, 15) is 20.2 Å². The summed E-state index contributed by atoms with van der Waals surface area (Å²) in [7, 11) is 0. The topological polar surface area (TPSA) is 95.5 Å². The molecule has 16 heavy (non-hydrogen) atoms. The minimum absolute atomic E-state index is 0.0558. The van der Waals surface area contributed by atoms with Crippen LogP contribution in [0.4, 0.5) is 5.69 Å². The van der Waals surface area contributed by atoms with Gasteiger partial charge in [-0.1, -0.05) is 6.92 Å². The van der Waals surface area contributed by atoms with E-state index in [0.717, 1.165) is 0 Å². The molecule has 7 heteroatoms. The van der Waals surface area contributed by atoms with E-state index in [2.05, 4.69) is 4.84 Å². The Balaban J connectivity index is 2.86. The highest BCUT2D eigenvalue weighted by atomic mass is 17.0. The van der Waals surface area contributed by atoms with Gasteiger partial charge < -0.3 is 4.84 Å². The van der Waals surface area contributed by atoms with Crippen molar-refractivity contribution < 1.29 is 14.8 Å². The second kappa shape index (κ2) is 5.06. The second-order valence-corrected chi connectivity index (χ2v) is 3.07. The standard InChI is InChI=1S/C9H10N2O5/c1-2-9(16-11(14)15)7-3-5-8(6-4-7)10(12)13/h3-6,9H,2H2,1H3/t9-/m0/s1. The smallest absolute Gasteiger partial charge is 0.295 e. The lowest BCUT2D eigenvalue weighted by molar-refractivity contribution is -0.771. The third kappa shape index (κ3) is 2.91. The molecule has 0 radical (unpaired) electrons. The number of nitrogens with zero attached hydrogens (tertiary/aromatic N) is 2. The van der Waals surface area contributed by atoms with Crippen LogP contribution in [0.2, 0.25) is 0 Å². The Labute approximate surface area is 90.9 Å². The summed E-state index contributed by atoms with van der Waals surface area (Å²) in [5.74, 6) is 0. The number of hydrogen-bond acceptors (Lipinski definition) is 5. The number of nitro groups is 1. The molecule has 0 aliphatic heterocycles. The predicted molar refractivity (Wildman–Crippen MR) is 54.2 cm³/mol. The first kappa shape index (κ1) is 11.9. The fourth-order valence-electron chi connectivity index (χ4n) is 1.29. The van der Waals surface area contributed by atoms with Crippen LogP contribution in [0.25, 0.3) is 0 Å². The van der Waals surface area contributed by atoms with E-state index in [1.165, 1.54) is 24.3 Å². The van der Waals surface area contributed by atoms with Gasteiger partial charge in [-0.25, -0.2) is 0 Å². The molecule has 0 heterocycles. The molecule has 7 nitrogen and oxygen atoms in total. The molecule has 86 valence electrons. The maximum Gasteiger partial charge on any atom is 0.295 e. The minimum Gasteiger partial charge on any atom is -0.306 e. The molecule has 0 aliphatic carbocycles. The van der Waals surface area contributed by atoms with E-state index >= 15 is 0 Å². The summed E-state index contributed by atoms with van der Waals surface area (Å²) in [4.78, 5) is 24.5. The van der Waals surface area contributed by atoms with Crippen molar-refractivity contribution in [1.29, 1.82) is 0 Å². The Morgan fingerprint density at radius 1 is 1.25 bits per heavy atom. The molecule has 0 saturated heterocycles. The van der Waals surface area contributed by atoms with E-state index < -0.39 is 16.1 Å². The Morgan fingerprint density at radius 3 is 2.19 bits per heavy atom. The van der Waals surface area contributed by atoms with E-state index in [1.54, 1.807) is 6.92 Å². The Bertz CT molecular complexity index is 389. The molecule has 0 saturated carbocycles. The summed E-state index contributed by atoms with van der Waals surface area (Å²) >= 11 is 0. The number of benzene rings is 1. The number of hydrogen-bond donors (Lipinski definition) is 0. The highest BCUT2D eigenvalue weighted by Gasteiger charge is 2.14. The molecular weight excluding hydrogens is 216 g/mol. The van der Waals surface area contributed by atoms with Gasteiger partial charge in [-0.3, -0.25) is 10.1 Å². The van der Waals surface area contributed by atoms with Crippen LogP contribution in [-0.4, -0.2) is 10.0 Å². The van der Waals surface area contributed by atoms with Crippen molar-refractivity contribution in [3.8, 4) is 0 Å². The monoisotopic (exact) mass is 226 g/mol. The molecule has 0 aliphatic rings. The normalized spacial score (nSPS) is 11.8. The lowest BCUT2D eigenvalue weighted by Crippen LogP contribution is -2.08. The molecule has 0 spiro atoms. The summed E-state index contributed by atoms with van der Waals surface area (Å²) in [5, 5.41) is 19.7. The Hall–Kier alpha value is -2.18. The lowest BCUT2D eigenvalue weighted by Gasteiger charge is -2.12. The first-order chi connectivity index (χ1) is 7.54. The molecule has 1 aromatic carbocycles. The molecule has 0 amide bonds. The highest BCUT2D eigenvalue weighted by molar-refractivity contribution is 5.33. The van der Waals surface area contributed by atoms with Crippen molar-refractivity contribution >= 4 is 5.69 Å². The van der Waals surface area contributed by atoms with Gasteiger partial charge in [-0.05, 0) is 24.1 Å². The van der Waals surface area contributed by atoms with Gasteiger partial charge in [0.2, 0.25) is 0 Å². The quantitative estimate of drug-likeness (QED) is 0.566. The highest BCUT2D eigenvalue weighted by Crippen LogP contribution is 2.23. The van der Waals surface area contributed by atoms with Gasteiger partial charge in [-0.2, -0.15) is 0 Å². The number of rotatable bonds is 5. The summed E-state index contributed by atoms with van der Waals surface area (Å²) < 4.78 is 0. The van der Waals surface area contributed by atoms with Crippen LogP contribution in [0.1, 0.15) is 25.0 Å². The lowest BCUT2D eigenvalue weighted by atomic mass is 10.1. The maximum atomic E-state index is 10.4. The van der Waals surface area contributed by atoms with Gasteiger partial charge in [0.05, 0.1) is 4.92 Å². The molecule has 1 rings (SSSR count). The van der Waals surface area contributed by atoms with Gasteiger partial charge in [0.1, 0.15) is 6.10 Å². The molecule has 0 fully saturated rings. The third-order valence-corrected chi connectivity index (χ3v) is 2.06. The summed E-state index contributed by atoms with van der Waals surface area (Å²) in [5.41, 5.74) is 0.490. The minimum atomic E-state index is -0.865. The van der Waals surface area contributed by atoms with Gasteiger partial charge in [0, 0.05) is 12.1 Å². The van der Waals surface area contributed by atoms with Crippen LogP contribution in [0.3, 0.4) is 0 Å². The maximum absolute atomic E-state index is 10.4. The third-order valence-electron chi connectivity index (χ3n) is 2.06. The van der Waals surface area contributed by atoms with E-state index in [4.69, 9.17) is 0 Å². The van der Waals surface area contributed by atoms with Crippen LogP contribution in [0.5, 0.6) is 0 Å². The van der Waals surface area contributed by atoms with Crippen molar-refractivity contribution in [2.45, 2.75) is 19.4 Å². The Kier molecular flexibility index (Phi) is 3.76. The number of nitro benzene ring substituents is 1. The first-order valence-electron chi connectivity index (χ1n) is 4.60. The van der Waals surface area contributed by atoms with Crippen LogP contribution >= 0.6 is 0 Å². The first-order valence-corrected chi connectivity index (χ1v) is 4.60. The van der Waals surface area contributed by atoms with Crippen LogP contribution in [-0.2, 0) is 4.84 Å². The van der Waals surface area contributed by atoms with Crippen LogP contribution in [0, 0.1) is 20.2 Å². The average molecular weight is 226 g/mol. The van der Waals surface area contributed by atoms with Gasteiger partial charge in [0.25, 0.3) is 10.8 Å². The molecule has 0 N–H and O–H groups in total. The zero-order chi connectivity index (χ0) is 12.1. The zero-order valence-corrected chi connectivity index (χ0v) is 8.53. The van der Waals surface area contributed by atoms with Gasteiger partial charge in [-0.15, -0.1) is 10.1 Å². The van der Waals surface area contributed by atoms with Crippen molar-refractivity contribution in [2.75, 3.05) is 0 Å². The summed E-state index contributed by atoms with van der Waals surface area (Å²) in [6.45, 7) is 1.73. The SMILES string of the molecule is CC[C@H](O[N+](=O)[O-])c1ccc([N+](=O)[O-])cc1. The summed E-state index contributed by atoms with van der Waals surface area (Å²) in [6, 6.07) is 5.49. The predicted octanol–water partition coefficient (Wildman–Crippen LogP) is 2.25. The van der Waals surface area contributed by atoms with Crippen LogP contribution in [0.15, 0.2) is 24.3 Å². The molecule has 1 atom stereocenters. The largest absolute Gasteiger partial charge is 0.306 e. The second-order valence-electron chi connectivity index (χ2n) is 3.07. The van der Waals surface area contributed by atoms with Gasteiger partial charge >= 0.3 is 0 Å². The van der Waals surface area contributed by atoms with E-state index in [-0.39, 0.29) is 5.69 Å². The van der Waals surface area contributed by atoms with Crippen molar-refractivity contribution in [1.82, 2.24) is 0 Å². The summed E-state index contributed by atoms with van der Waals surface area (Å²) in [6.07, 6.45) is -0.269. The van der Waals surface area contributed by atoms with Crippen LogP contribution < -0.4 is 0 Å². The van der Waals surface area contributed by atoms with E-state index in [1.807, 2.05) is 0 Å². The fraction of sp³-hybridized carbons (Fsp3) is 0.333. The molecule has 0 bridgehead atoms.